The molecule has 0 bridgehead atoms. The lowest BCUT2D eigenvalue weighted by Crippen LogP contribution is -2.40. The fourth-order valence-electron chi connectivity index (χ4n) is 1.87. The SMILES string of the molecule is CC.COC(=O)c1ccc(C(=O)N2CCOCC2)cc1F. The number of ether oxygens (including phenoxy) is 2. The van der Waals surface area contributed by atoms with Gasteiger partial charge in [0.05, 0.1) is 25.9 Å². The molecule has 0 aliphatic carbocycles. The number of rotatable bonds is 2. The summed E-state index contributed by atoms with van der Waals surface area (Å²) in [5.74, 6) is -1.78. The molecule has 0 aromatic heterocycles. The minimum Gasteiger partial charge on any atom is -0.465 e. The van der Waals surface area contributed by atoms with E-state index in [4.69, 9.17) is 4.74 Å². The van der Waals surface area contributed by atoms with Crippen LogP contribution in [0.1, 0.15) is 34.6 Å². The predicted octanol–water partition coefficient (Wildman–Crippen LogP) is 2.11. The molecule has 116 valence electrons. The molecule has 6 heteroatoms. The number of amides is 1. The first-order valence-corrected chi connectivity index (χ1v) is 6.88. The van der Waals surface area contributed by atoms with Crippen molar-refractivity contribution in [3.05, 3.63) is 35.1 Å². The number of carbonyl (C=O) groups is 2. The van der Waals surface area contributed by atoms with Gasteiger partial charge in [0.15, 0.2) is 0 Å². The molecule has 0 radical (unpaired) electrons. The van der Waals surface area contributed by atoms with Crippen molar-refractivity contribution in [1.29, 1.82) is 0 Å². The van der Waals surface area contributed by atoms with Crippen molar-refractivity contribution in [2.45, 2.75) is 13.8 Å². The van der Waals surface area contributed by atoms with Crippen LogP contribution in [0.5, 0.6) is 0 Å². The van der Waals surface area contributed by atoms with Crippen LogP contribution in [0.2, 0.25) is 0 Å². The van der Waals surface area contributed by atoms with Crippen LogP contribution < -0.4 is 0 Å². The highest BCUT2D eigenvalue weighted by Crippen LogP contribution is 2.14. The van der Waals surface area contributed by atoms with Gasteiger partial charge in [-0.05, 0) is 18.2 Å². The number of methoxy groups -OCH3 is 1. The lowest BCUT2D eigenvalue weighted by molar-refractivity contribution is 0.0302. The van der Waals surface area contributed by atoms with Gasteiger partial charge in [0.2, 0.25) is 0 Å². The number of benzene rings is 1. The average Bonchev–Trinajstić information content (AvgIpc) is 2.56. The predicted molar refractivity (Wildman–Crippen MR) is 75.8 cm³/mol. The molecule has 0 atom stereocenters. The second-order valence-electron chi connectivity index (χ2n) is 4.09. The molecular formula is C15H20FNO4. The number of hydrogen-bond donors (Lipinski definition) is 0. The minimum atomic E-state index is -0.761. The summed E-state index contributed by atoms with van der Waals surface area (Å²) >= 11 is 0. The Morgan fingerprint density at radius 1 is 1.24 bits per heavy atom. The maximum absolute atomic E-state index is 13.7. The van der Waals surface area contributed by atoms with Gasteiger partial charge in [-0.3, -0.25) is 4.79 Å². The van der Waals surface area contributed by atoms with Gasteiger partial charge in [-0.1, -0.05) is 13.8 Å². The third-order valence-electron chi connectivity index (χ3n) is 2.92. The Bertz CT molecular complexity index is 498. The van der Waals surface area contributed by atoms with Crippen molar-refractivity contribution in [2.75, 3.05) is 33.4 Å². The first-order chi connectivity index (χ1) is 10.1. The average molecular weight is 297 g/mol. The Hall–Kier alpha value is -1.95. The quantitative estimate of drug-likeness (QED) is 0.785. The number of nitrogens with zero attached hydrogens (tertiary/aromatic N) is 1. The number of hydrogen-bond acceptors (Lipinski definition) is 4. The number of morpholine rings is 1. The Morgan fingerprint density at radius 2 is 1.86 bits per heavy atom. The molecule has 2 rings (SSSR count). The lowest BCUT2D eigenvalue weighted by Gasteiger charge is -2.26. The van der Waals surface area contributed by atoms with Gasteiger partial charge in [0.25, 0.3) is 5.91 Å². The van der Waals surface area contributed by atoms with Crippen molar-refractivity contribution in [1.82, 2.24) is 4.90 Å². The van der Waals surface area contributed by atoms with Crippen molar-refractivity contribution in [2.24, 2.45) is 0 Å². The van der Waals surface area contributed by atoms with E-state index in [2.05, 4.69) is 4.74 Å². The van der Waals surface area contributed by atoms with Crippen LogP contribution in [-0.4, -0.2) is 50.2 Å². The zero-order valence-corrected chi connectivity index (χ0v) is 12.5. The van der Waals surface area contributed by atoms with Crippen LogP contribution in [0.4, 0.5) is 4.39 Å². The van der Waals surface area contributed by atoms with Crippen molar-refractivity contribution in [3.63, 3.8) is 0 Å². The molecule has 1 aliphatic heterocycles. The van der Waals surface area contributed by atoms with E-state index in [0.29, 0.717) is 26.3 Å². The van der Waals surface area contributed by atoms with E-state index in [9.17, 15) is 14.0 Å². The first kappa shape index (κ1) is 17.1. The molecule has 21 heavy (non-hydrogen) atoms. The standard InChI is InChI=1S/C13H14FNO4.C2H6/c1-18-13(17)10-3-2-9(8-11(10)14)12(16)15-4-6-19-7-5-15;1-2/h2-3,8H,4-7H2,1H3;1-2H3. The summed E-state index contributed by atoms with van der Waals surface area (Å²) < 4.78 is 23.3. The first-order valence-electron chi connectivity index (χ1n) is 6.88. The molecular weight excluding hydrogens is 277 g/mol. The highest BCUT2D eigenvalue weighted by molar-refractivity contribution is 5.96. The van der Waals surface area contributed by atoms with E-state index in [0.717, 1.165) is 6.07 Å². The van der Waals surface area contributed by atoms with Crippen molar-refractivity contribution < 1.29 is 23.5 Å². The summed E-state index contributed by atoms with van der Waals surface area (Å²) in [5.41, 5.74) is 0.0353. The van der Waals surface area contributed by atoms with Gasteiger partial charge >= 0.3 is 5.97 Å². The third kappa shape index (κ3) is 4.26. The van der Waals surface area contributed by atoms with Gasteiger partial charge in [-0.15, -0.1) is 0 Å². The Balaban J connectivity index is 0.00000106. The monoisotopic (exact) mass is 297 g/mol. The third-order valence-corrected chi connectivity index (χ3v) is 2.92. The van der Waals surface area contributed by atoms with E-state index in [1.807, 2.05) is 13.8 Å². The summed E-state index contributed by atoms with van der Waals surface area (Å²) in [6.45, 7) is 5.93. The molecule has 1 amide bonds. The Labute approximate surface area is 123 Å². The largest absolute Gasteiger partial charge is 0.465 e. The second kappa shape index (κ2) is 8.36. The summed E-state index contributed by atoms with van der Waals surface area (Å²) in [5, 5.41) is 0. The molecule has 1 saturated heterocycles. The van der Waals surface area contributed by atoms with Gasteiger partial charge in [0, 0.05) is 18.7 Å². The smallest absolute Gasteiger partial charge is 0.340 e. The molecule has 0 saturated carbocycles. The minimum absolute atomic E-state index is 0.180. The summed E-state index contributed by atoms with van der Waals surface area (Å²) in [6.07, 6.45) is 0. The van der Waals surface area contributed by atoms with Gasteiger partial charge < -0.3 is 14.4 Å². The molecule has 1 heterocycles. The van der Waals surface area contributed by atoms with Crippen LogP contribution in [-0.2, 0) is 9.47 Å². The van der Waals surface area contributed by atoms with E-state index in [1.54, 1.807) is 4.90 Å². The van der Waals surface area contributed by atoms with Crippen LogP contribution >= 0.6 is 0 Å². The Kier molecular flexibility index (Phi) is 6.81. The van der Waals surface area contributed by atoms with Gasteiger partial charge in [-0.25, -0.2) is 9.18 Å². The lowest BCUT2D eigenvalue weighted by atomic mass is 10.1. The molecule has 1 aromatic carbocycles. The Morgan fingerprint density at radius 3 is 2.38 bits per heavy atom. The zero-order valence-electron chi connectivity index (χ0n) is 12.5. The van der Waals surface area contributed by atoms with Gasteiger partial charge in [-0.2, -0.15) is 0 Å². The molecule has 1 fully saturated rings. The van der Waals surface area contributed by atoms with Crippen molar-refractivity contribution in [3.8, 4) is 0 Å². The van der Waals surface area contributed by atoms with E-state index >= 15 is 0 Å². The highest BCUT2D eigenvalue weighted by atomic mass is 19.1. The number of halogens is 1. The van der Waals surface area contributed by atoms with E-state index < -0.39 is 11.8 Å². The summed E-state index contributed by atoms with van der Waals surface area (Å²) in [6, 6.07) is 3.74. The van der Waals surface area contributed by atoms with Crippen LogP contribution in [0.25, 0.3) is 0 Å². The van der Waals surface area contributed by atoms with E-state index in [1.165, 1.54) is 19.2 Å². The topological polar surface area (TPSA) is 55.8 Å². The van der Waals surface area contributed by atoms with Crippen molar-refractivity contribution >= 4 is 11.9 Å². The second-order valence-corrected chi connectivity index (χ2v) is 4.09. The highest BCUT2D eigenvalue weighted by Gasteiger charge is 2.20. The molecule has 1 aliphatic rings. The normalized spacial score (nSPS) is 14.0. The summed E-state index contributed by atoms with van der Waals surface area (Å²) in [4.78, 5) is 24.9. The molecule has 0 N–H and O–H groups in total. The summed E-state index contributed by atoms with van der Waals surface area (Å²) in [7, 11) is 1.18. The van der Waals surface area contributed by atoms with E-state index in [-0.39, 0.29) is 17.0 Å². The molecule has 0 spiro atoms. The van der Waals surface area contributed by atoms with Crippen LogP contribution in [0.15, 0.2) is 18.2 Å². The zero-order chi connectivity index (χ0) is 15.8. The number of carbonyl (C=O) groups excluding carboxylic acids is 2. The van der Waals surface area contributed by atoms with Gasteiger partial charge in [0.1, 0.15) is 5.82 Å². The fourth-order valence-corrected chi connectivity index (χ4v) is 1.87. The maximum atomic E-state index is 13.7. The fraction of sp³-hybridized carbons (Fsp3) is 0.467. The van der Waals surface area contributed by atoms with Crippen LogP contribution in [0.3, 0.4) is 0 Å². The van der Waals surface area contributed by atoms with Crippen LogP contribution in [0, 0.1) is 5.82 Å². The molecule has 5 nitrogen and oxygen atoms in total. The maximum Gasteiger partial charge on any atom is 0.340 e. The molecule has 1 aromatic rings. The molecule has 0 unspecified atom stereocenters. The number of esters is 1.